The maximum Gasteiger partial charge on any atom is 0.0961 e. The van der Waals surface area contributed by atoms with Gasteiger partial charge in [-0.2, -0.15) is 10.5 Å². The third-order valence-electron chi connectivity index (χ3n) is 0.863. The Morgan fingerprint density at radius 2 is 1.57 bits per heavy atom. The summed E-state index contributed by atoms with van der Waals surface area (Å²) in [7, 11) is 0. The monoisotopic (exact) mass is 90.0 g/mol. The molecular formula is C5H2N2. The summed E-state index contributed by atoms with van der Waals surface area (Å²) >= 11 is 0. The summed E-state index contributed by atoms with van der Waals surface area (Å²) < 4.78 is 0. The second kappa shape index (κ2) is 1.10. The lowest BCUT2D eigenvalue weighted by Gasteiger charge is -1.44. The fourth-order valence-electron chi connectivity index (χ4n) is 0.347. The molecule has 0 radical (unpaired) electrons. The van der Waals surface area contributed by atoms with Crippen LogP contribution in [0.25, 0.3) is 0 Å². The van der Waals surface area contributed by atoms with Gasteiger partial charge in [0.05, 0.1) is 12.1 Å². The molecule has 2 heteroatoms. The van der Waals surface area contributed by atoms with Crippen molar-refractivity contribution in [2.45, 2.75) is 6.42 Å². The summed E-state index contributed by atoms with van der Waals surface area (Å²) in [5, 5.41) is 16.1. The van der Waals surface area contributed by atoms with Gasteiger partial charge in [-0.25, -0.2) is 0 Å². The molecule has 0 saturated carbocycles. The third kappa shape index (κ3) is 0.459. The van der Waals surface area contributed by atoms with Gasteiger partial charge in [-0.1, -0.05) is 0 Å². The van der Waals surface area contributed by atoms with Gasteiger partial charge in [-0.3, -0.25) is 0 Å². The lowest BCUT2D eigenvalue weighted by Crippen LogP contribution is -1.40. The van der Waals surface area contributed by atoms with Crippen LogP contribution >= 0.6 is 0 Å². The highest BCUT2D eigenvalue weighted by Crippen LogP contribution is 2.27. The van der Waals surface area contributed by atoms with E-state index in [9.17, 15) is 0 Å². The fourth-order valence-corrected chi connectivity index (χ4v) is 0.347. The molecule has 0 amide bonds. The summed E-state index contributed by atoms with van der Waals surface area (Å²) in [5.41, 5.74) is 1.31. The quantitative estimate of drug-likeness (QED) is 0.440. The minimum absolute atomic E-state index is 0.632. The van der Waals surface area contributed by atoms with Gasteiger partial charge in [0.15, 0.2) is 0 Å². The summed E-state index contributed by atoms with van der Waals surface area (Å²) in [6.07, 6.45) is 0.632. The number of nitrogens with zero attached hydrogens (tertiary/aromatic N) is 2. The van der Waals surface area contributed by atoms with Crippen molar-refractivity contribution in [1.82, 2.24) is 0 Å². The molecule has 0 bridgehead atoms. The Balaban J connectivity index is 2.75. The molecule has 0 aromatic heterocycles. The Morgan fingerprint density at radius 1 is 1.14 bits per heavy atom. The molecule has 0 unspecified atom stereocenters. The van der Waals surface area contributed by atoms with E-state index in [1.165, 1.54) is 0 Å². The molecule has 0 N–H and O–H groups in total. The molecule has 0 aromatic carbocycles. The van der Waals surface area contributed by atoms with E-state index in [1.807, 2.05) is 12.1 Å². The van der Waals surface area contributed by atoms with Gasteiger partial charge in [0.2, 0.25) is 0 Å². The topological polar surface area (TPSA) is 47.6 Å². The molecule has 1 aliphatic carbocycles. The van der Waals surface area contributed by atoms with Crippen LogP contribution in [0.4, 0.5) is 0 Å². The number of allylic oxidation sites excluding steroid dienone is 2. The molecule has 0 spiro atoms. The zero-order valence-electron chi connectivity index (χ0n) is 3.60. The normalized spacial score (nSPS) is 15.1. The molecule has 1 rings (SSSR count). The predicted octanol–water partition coefficient (Wildman–Crippen LogP) is 0.734. The smallest absolute Gasteiger partial charge is 0.0961 e. The Labute approximate surface area is 41.3 Å². The Kier molecular flexibility index (Phi) is 0.610. The molecule has 0 saturated heterocycles. The van der Waals surface area contributed by atoms with E-state index in [4.69, 9.17) is 10.5 Å². The summed E-state index contributed by atoms with van der Waals surface area (Å²) in [6.45, 7) is 0. The highest BCUT2D eigenvalue weighted by molar-refractivity contribution is 5.53. The van der Waals surface area contributed by atoms with Gasteiger partial charge in [0.1, 0.15) is 0 Å². The average molecular weight is 90.1 g/mol. The van der Waals surface area contributed by atoms with E-state index in [0.29, 0.717) is 17.6 Å². The van der Waals surface area contributed by atoms with Gasteiger partial charge in [-0.05, 0) is 0 Å². The first-order valence-corrected chi connectivity index (χ1v) is 1.90. The highest BCUT2D eigenvalue weighted by Gasteiger charge is 2.19. The Bertz CT molecular complexity index is 177. The molecule has 0 aromatic rings. The van der Waals surface area contributed by atoms with Crippen molar-refractivity contribution in [3.63, 3.8) is 0 Å². The highest BCUT2D eigenvalue weighted by atomic mass is 14.3. The van der Waals surface area contributed by atoms with Crippen molar-refractivity contribution in [3.8, 4) is 12.1 Å². The maximum absolute atomic E-state index is 8.05. The largest absolute Gasteiger partial charge is 0.193 e. The van der Waals surface area contributed by atoms with Gasteiger partial charge in [0, 0.05) is 17.6 Å². The van der Waals surface area contributed by atoms with E-state index in [-0.39, 0.29) is 0 Å². The Hall–Kier alpha value is -1.28. The van der Waals surface area contributed by atoms with Crippen molar-refractivity contribution >= 4 is 0 Å². The molecule has 0 atom stereocenters. The van der Waals surface area contributed by atoms with Crippen LogP contribution in [0.5, 0.6) is 0 Å². The lowest BCUT2D eigenvalue weighted by molar-refractivity contribution is 1.46. The van der Waals surface area contributed by atoms with Crippen LogP contribution in [0.15, 0.2) is 11.1 Å². The minimum atomic E-state index is 0.632. The molecule has 1 aliphatic rings. The number of rotatable bonds is 0. The SMILES string of the molecule is N#CC1=C(C#N)C1. The van der Waals surface area contributed by atoms with E-state index < -0.39 is 0 Å². The first-order valence-electron chi connectivity index (χ1n) is 1.90. The zero-order chi connectivity index (χ0) is 5.28. The summed E-state index contributed by atoms with van der Waals surface area (Å²) in [4.78, 5) is 0. The molecule has 32 valence electrons. The Morgan fingerprint density at radius 3 is 1.71 bits per heavy atom. The second-order valence-electron chi connectivity index (χ2n) is 1.36. The molecule has 7 heavy (non-hydrogen) atoms. The first kappa shape index (κ1) is 3.89. The van der Waals surface area contributed by atoms with Gasteiger partial charge >= 0.3 is 0 Å². The van der Waals surface area contributed by atoms with Crippen LogP contribution in [-0.2, 0) is 0 Å². The number of hydrogen-bond acceptors (Lipinski definition) is 2. The van der Waals surface area contributed by atoms with Crippen LogP contribution in [0, 0.1) is 22.7 Å². The minimum Gasteiger partial charge on any atom is -0.193 e. The zero-order valence-corrected chi connectivity index (χ0v) is 3.60. The molecular weight excluding hydrogens is 88.1 g/mol. The molecule has 0 heterocycles. The standard InChI is InChI=1S/C5H2N2/c6-2-4-1-5(4)3-7/h1H2. The second-order valence-corrected chi connectivity index (χ2v) is 1.36. The van der Waals surface area contributed by atoms with Gasteiger partial charge < -0.3 is 0 Å². The van der Waals surface area contributed by atoms with Crippen molar-refractivity contribution < 1.29 is 0 Å². The summed E-state index contributed by atoms with van der Waals surface area (Å²) in [6, 6.07) is 3.79. The molecule has 2 nitrogen and oxygen atoms in total. The van der Waals surface area contributed by atoms with E-state index in [0.717, 1.165) is 0 Å². The third-order valence-corrected chi connectivity index (χ3v) is 0.863. The van der Waals surface area contributed by atoms with Crippen LogP contribution in [0.3, 0.4) is 0 Å². The average Bonchev–Trinajstić information content (AvgIpc) is 2.43. The first-order chi connectivity index (χ1) is 3.38. The lowest BCUT2D eigenvalue weighted by atomic mass is 10.6. The van der Waals surface area contributed by atoms with E-state index in [2.05, 4.69) is 0 Å². The maximum atomic E-state index is 8.05. The van der Waals surface area contributed by atoms with Gasteiger partial charge in [0.25, 0.3) is 0 Å². The van der Waals surface area contributed by atoms with Crippen LogP contribution < -0.4 is 0 Å². The van der Waals surface area contributed by atoms with Crippen molar-refractivity contribution in [3.05, 3.63) is 11.1 Å². The van der Waals surface area contributed by atoms with E-state index >= 15 is 0 Å². The van der Waals surface area contributed by atoms with Crippen molar-refractivity contribution in [2.75, 3.05) is 0 Å². The number of hydrogen-bond donors (Lipinski definition) is 0. The molecule has 0 aliphatic heterocycles. The van der Waals surface area contributed by atoms with E-state index in [1.54, 1.807) is 0 Å². The van der Waals surface area contributed by atoms with Gasteiger partial charge in [-0.15, -0.1) is 0 Å². The summed E-state index contributed by atoms with van der Waals surface area (Å²) in [5.74, 6) is 0. The fraction of sp³-hybridized carbons (Fsp3) is 0.200. The van der Waals surface area contributed by atoms with Crippen molar-refractivity contribution in [2.24, 2.45) is 0 Å². The van der Waals surface area contributed by atoms with Crippen LogP contribution in [-0.4, -0.2) is 0 Å². The molecule has 0 fully saturated rings. The number of nitriles is 2. The van der Waals surface area contributed by atoms with Crippen molar-refractivity contribution in [1.29, 1.82) is 10.5 Å². The van der Waals surface area contributed by atoms with Crippen LogP contribution in [0.1, 0.15) is 6.42 Å². The van der Waals surface area contributed by atoms with Crippen LogP contribution in [0.2, 0.25) is 0 Å². The predicted molar refractivity (Wildman–Crippen MR) is 22.9 cm³/mol.